The Kier molecular flexibility index (Phi) is 8.94. The van der Waals surface area contributed by atoms with Crippen molar-refractivity contribution in [1.29, 1.82) is 0 Å². The second-order valence-corrected chi connectivity index (χ2v) is 11.9. The van der Waals surface area contributed by atoms with E-state index in [1.807, 2.05) is 37.3 Å². The molecule has 208 valence electrons. The summed E-state index contributed by atoms with van der Waals surface area (Å²) in [4.78, 5) is 15.3. The van der Waals surface area contributed by atoms with Crippen molar-refractivity contribution < 1.29 is 9.53 Å². The van der Waals surface area contributed by atoms with E-state index < -0.39 is 0 Å². The number of nitrogens with one attached hydrogen (secondary N) is 1. The van der Waals surface area contributed by atoms with Gasteiger partial charge in [0.1, 0.15) is 5.75 Å². The number of rotatable bonds is 10. The highest BCUT2D eigenvalue weighted by Crippen LogP contribution is 2.42. The molecule has 0 bridgehead atoms. The lowest BCUT2D eigenvalue weighted by atomic mass is 9.89. The van der Waals surface area contributed by atoms with Crippen molar-refractivity contribution in [2.24, 2.45) is 0 Å². The molecule has 40 heavy (non-hydrogen) atoms. The Bertz CT molecular complexity index is 1500. The number of ether oxygens (including phenoxy) is 1. The van der Waals surface area contributed by atoms with Crippen LogP contribution in [0.3, 0.4) is 0 Å². The van der Waals surface area contributed by atoms with Crippen LogP contribution in [-0.4, -0.2) is 36.4 Å². The van der Waals surface area contributed by atoms with Gasteiger partial charge in [0.15, 0.2) is 5.78 Å². The standard InChI is InChI=1S/C34H37ClN2O2S/c1-5-39-31-19-14-26(25-12-10-24(11-13-25)23(3)38)20-27(31)21-37(29-17-15-28(36-4)16-18-29)22(2)34-33(35)30-8-6-7-9-32(30)40-34/h6-14,19-20,28-29,36H,2,5,15-18,21H2,1,3-4H3/t28-,29-. The number of thiophene rings is 1. The lowest BCUT2D eigenvalue weighted by Crippen LogP contribution is -2.40. The van der Waals surface area contributed by atoms with Crippen LogP contribution in [0.1, 0.15) is 60.3 Å². The van der Waals surface area contributed by atoms with E-state index in [0.29, 0.717) is 25.2 Å². The number of benzene rings is 3. The normalized spacial score (nSPS) is 17.1. The minimum absolute atomic E-state index is 0.0704. The van der Waals surface area contributed by atoms with Crippen molar-refractivity contribution in [1.82, 2.24) is 10.2 Å². The zero-order valence-electron chi connectivity index (χ0n) is 23.5. The number of ketones is 1. The first kappa shape index (κ1) is 28.4. The summed E-state index contributed by atoms with van der Waals surface area (Å²) in [6.45, 7) is 9.52. The Morgan fingerprint density at radius 3 is 2.40 bits per heavy atom. The molecule has 0 spiro atoms. The predicted octanol–water partition coefficient (Wildman–Crippen LogP) is 8.83. The average molecular weight is 573 g/mol. The molecule has 0 unspecified atom stereocenters. The molecule has 1 N–H and O–H groups in total. The molecule has 5 rings (SSSR count). The van der Waals surface area contributed by atoms with Crippen LogP contribution in [0.15, 0.2) is 73.3 Å². The largest absolute Gasteiger partial charge is 0.494 e. The number of nitrogens with zero attached hydrogens (tertiary/aromatic N) is 1. The maximum Gasteiger partial charge on any atom is 0.159 e. The fourth-order valence-corrected chi connectivity index (χ4v) is 7.24. The molecule has 1 fully saturated rings. The quantitative estimate of drug-likeness (QED) is 0.193. The molecular weight excluding hydrogens is 536 g/mol. The third kappa shape index (κ3) is 5.97. The van der Waals surface area contributed by atoms with E-state index in [1.165, 1.54) is 4.70 Å². The van der Waals surface area contributed by atoms with Gasteiger partial charge in [-0.05, 0) is 75.9 Å². The summed E-state index contributed by atoms with van der Waals surface area (Å²) in [6.07, 6.45) is 4.43. The van der Waals surface area contributed by atoms with Gasteiger partial charge in [-0.3, -0.25) is 4.79 Å². The van der Waals surface area contributed by atoms with E-state index >= 15 is 0 Å². The van der Waals surface area contributed by atoms with Gasteiger partial charge in [-0.25, -0.2) is 0 Å². The van der Waals surface area contributed by atoms with Crippen LogP contribution in [-0.2, 0) is 6.54 Å². The Balaban J connectivity index is 1.53. The van der Waals surface area contributed by atoms with Crippen LogP contribution in [0.25, 0.3) is 26.9 Å². The van der Waals surface area contributed by atoms with Gasteiger partial charge in [0, 0.05) is 45.5 Å². The summed E-state index contributed by atoms with van der Waals surface area (Å²) in [5.41, 5.74) is 4.97. The van der Waals surface area contributed by atoms with Gasteiger partial charge in [0.05, 0.1) is 16.5 Å². The monoisotopic (exact) mass is 572 g/mol. The second-order valence-electron chi connectivity index (χ2n) is 10.5. The first-order valence-corrected chi connectivity index (χ1v) is 15.3. The Morgan fingerprint density at radius 2 is 1.75 bits per heavy atom. The first-order valence-electron chi connectivity index (χ1n) is 14.1. The van der Waals surface area contributed by atoms with E-state index in [4.69, 9.17) is 16.3 Å². The zero-order chi connectivity index (χ0) is 28.2. The molecule has 3 aromatic carbocycles. The van der Waals surface area contributed by atoms with Crippen molar-refractivity contribution in [2.75, 3.05) is 13.7 Å². The Hall–Kier alpha value is -3.12. The van der Waals surface area contributed by atoms with Crippen LogP contribution in [0.2, 0.25) is 5.02 Å². The number of hydrogen-bond acceptors (Lipinski definition) is 5. The molecule has 1 aliphatic rings. The van der Waals surface area contributed by atoms with Crippen LogP contribution >= 0.6 is 22.9 Å². The van der Waals surface area contributed by atoms with E-state index in [-0.39, 0.29) is 5.78 Å². The van der Waals surface area contributed by atoms with E-state index in [9.17, 15) is 4.79 Å². The molecule has 6 heteroatoms. The molecule has 1 aromatic heterocycles. The topological polar surface area (TPSA) is 41.6 Å². The average Bonchev–Trinajstić information content (AvgIpc) is 3.33. The van der Waals surface area contributed by atoms with Crippen LogP contribution in [0.4, 0.5) is 0 Å². The van der Waals surface area contributed by atoms with Gasteiger partial charge < -0.3 is 15.0 Å². The fourth-order valence-electron chi connectivity index (χ4n) is 5.71. The smallest absolute Gasteiger partial charge is 0.159 e. The van der Waals surface area contributed by atoms with Gasteiger partial charge in [0.2, 0.25) is 0 Å². The van der Waals surface area contributed by atoms with Crippen molar-refractivity contribution in [3.8, 4) is 16.9 Å². The zero-order valence-corrected chi connectivity index (χ0v) is 25.1. The summed E-state index contributed by atoms with van der Waals surface area (Å²) in [7, 11) is 2.06. The molecule has 0 atom stereocenters. The number of carbonyl (C=O) groups is 1. The number of Topliss-reactive ketones (excluding diaryl/α,β-unsaturated/α-hetero) is 1. The number of fused-ring (bicyclic) bond motifs is 1. The highest BCUT2D eigenvalue weighted by atomic mass is 35.5. The van der Waals surface area contributed by atoms with E-state index in [1.54, 1.807) is 18.3 Å². The fraction of sp³-hybridized carbons (Fsp3) is 0.324. The Morgan fingerprint density at radius 1 is 1.05 bits per heavy atom. The van der Waals surface area contributed by atoms with Gasteiger partial charge in [-0.15, -0.1) is 11.3 Å². The summed E-state index contributed by atoms with van der Waals surface area (Å²) >= 11 is 8.68. The van der Waals surface area contributed by atoms with Crippen LogP contribution in [0.5, 0.6) is 5.75 Å². The molecule has 0 radical (unpaired) electrons. The summed E-state index contributed by atoms with van der Waals surface area (Å²) in [6, 6.07) is 23.4. The first-order chi connectivity index (χ1) is 19.4. The third-order valence-electron chi connectivity index (χ3n) is 8.02. The van der Waals surface area contributed by atoms with Crippen molar-refractivity contribution in [3.05, 3.63) is 94.3 Å². The highest BCUT2D eigenvalue weighted by molar-refractivity contribution is 7.20. The minimum atomic E-state index is 0.0704. The van der Waals surface area contributed by atoms with Gasteiger partial charge in [0.25, 0.3) is 0 Å². The summed E-state index contributed by atoms with van der Waals surface area (Å²) in [5.74, 6) is 0.955. The molecule has 1 heterocycles. The maximum absolute atomic E-state index is 11.8. The molecule has 0 amide bonds. The number of hydrogen-bond donors (Lipinski definition) is 1. The highest BCUT2D eigenvalue weighted by Gasteiger charge is 2.29. The molecule has 1 aliphatic carbocycles. The van der Waals surface area contributed by atoms with E-state index in [0.717, 1.165) is 74.7 Å². The molecule has 1 saturated carbocycles. The number of halogens is 1. The van der Waals surface area contributed by atoms with Gasteiger partial charge in [-0.1, -0.05) is 66.7 Å². The summed E-state index contributed by atoms with van der Waals surface area (Å²) < 4.78 is 7.30. The molecule has 0 saturated heterocycles. The van der Waals surface area contributed by atoms with Crippen LogP contribution < -0.4 is 10.1 Å². The lowest BCUT2D eigenvalue weighted by Gasteiger charge is -2.39. The van der Waals surface area contributed by atoms with Crippen LogP contribution in [0, 0.1) is 0 Å². The van der Waals surface area contributed by atoms with Crippen molar-refractivity contribution >= 4 is 44.5 Å². The van der Waals surface area contributed by atoms with Gasteiger partial charge >= 0.3 is 0 Å². The molecule has 4 nitrogen and oxygen atoms in total. The second kappa shape index (κ2) is 12.6. The minimum Gasteiger partial charge on any atom is -0.494 e. The summed E-state index contributed by atoms with van der Waals surface area (Å²) in [5, 5.41) is 5.32. The maximum atomic E-state index is 11.8. The van der Waals surface area contributed by atoms with E-state index in [2.05, 4.69) is 60.2 Å². The molecule has 0 aliphatic heterocycles. The van der Waals surface area contributed by atoms with Crippen molar-refractivity contribution in [3.63, 3.8) is 0 Å². The predicted molar refractivity (Wildman–Crippen MR) is 170 cm³/mol. The SMILES string of the molecule is C=C(c1sc2ccccc2c1Cl)N(Cc1cc(-c2ccc(C(C)=O)cc2)ccc1OCC)[C@H]1CC[C@H](NC)CC1. The molecule has 4 aromatic rings. The number of carbonyl (C=O) groups excluding carboxylic acids is 1. The lowest BCUT2D eigenvalue weighted by molar-refractivity contribution is 0.101. The molecular formula is C34H37ClN2O2S. The van der Waals surface area contributed by atoms with Crippen molar-refractivity contribution in [2.45, 2.75) is 58.2 Å². The van der Waals surface area contributed by atoms with Gasteiger partial charge in [-0.2, -0.15) is 0 Å². The Labute approximate surface area is 246 Å². The third-order valence-corrected chi connectivity index (χ3v) is 9.74.